The molecular weight excluding hydrogens is 348 g/mol. The quantitative estimate of drug-likeness (QED) is 0.636. The van der Waals surface area contributed by atoms with Crippen molar-refractivity contribution in [1.29, 1.82) is 0 Å². The van der Waals surface area contributed by atoms with E-state index in [1.54, 1.807) is 25.6 Å². The lowest BCUT2D eigenvalue weighted by Gasteiger charge is -2.16. The van der Waals surface area contributed by atoms with Crippen LogP contribution >= 0.6 is 11.3 Å². The molecule has 0 radical (unpaired) electrons. The van der Waals surface area contributed by atoms with Crippen molar-refractivity contribution in [2.45, 2.75) is 33.1 Å². The van der Waals surface area contributed by atoms with Crippen molar-refractivity contribution in [2.75, 3.05) is 14.2 Å². The van der Waals surface area contributed by atoms with Crippen LogP contribution in [0, 0.1) is 5.92 Å². The van der Waals surface area contributed by atoms with Gasteiger partial charge in [-0.2, -0.15) is 5.10 Å². The highest BCUT2D eigenvalue weighted by Gasteiger charge is 2.20. The number of fused-ring (bicyclic) bond motifs is 1. The van der Waals surface area contributed by atoms with E-state index in [9.17, 15) is 4.79 Å². The number of methoxy groups -OCH3 is 2. The van der Waals surface area contributed by atoms with Gasteiger partial charge in [0.05, 0.1) is 24.8 Å². The van der Waals surface area contributed by atoms with Crippen molar-refractivity contribution in [2.24, 2.45) is 11.0 Å². The molecule has 1 amide bonds. The first-order chi connectivity index (χ1) is 12.5. The van der Waals surface area contributed by atoms with Crippen LogP contribution in [0.2, 0.25) is 0 Å². The number of carbonyl (C=O) groups excluding carboxylic acids is 1. The SMILES string of the molecule is COc1ccc(/C(C)=N\NC(=O)c2cc3c(s2)CC[C@H](C)C3)cc1OC. The first kappa shape index (κ1) is 18.5. The maximum absolute atomic E-state index is 12.5. The predicted molar refractivity (Wildman–Crippen MR) is 105 cm³/mol. The molecule has 1 aliphatic rings. The Hall–Kier alpha value is -2.34. The lowest BCUT2D eigenvalue weighted by Crippen LogP contribution is -2.18. The fraction of sp³-hybridized carbons (Fsp3) is 0.400. The molecule has 1 atom stereocenters. The standard InChI is InChI=1S/C20H24N2O3S/c1-12-5-8-18-15(9-12)11-19(26-18)20(23)22-21-13(2)14-6-7-16(24-3)17(10-14)25-4/h6-7,10-12H,5,8-9H2,1-4H3,(H,22,23)/b21-13-/t12-/m0/s1. The van der Waals surface area contributed by atoms with E-state index in [0.717, 1.165) is 23.3 Å². The van der Waals surface area contributed by atoms with Gasteiger partial charge in [-0.3, -0.25) is 4.79 Å². The monoisotopic (exact) mass is 372 g/mol. The van der Waals surface area contributed by atoms with E-state index >= 15 is 0 Å². The molecule has 0 unspecified atom stereocenters. The van der Waals surface area contributed by atoms with E-state index in [2.05, 4.69) is 17.5 Å². The third-order valence-electron chi connectivity index (χ3n) is 4.68. The second-order valence-corrected chi connectivity index (χ2v) is 7.75. The molecule has 0 saturated carbocycles. The highest BCUT2D eigenvalue weighted by Crippen LogP contribution is 2.32. The van der Waals surface area contributed by atoms with Crippen molar-refractivity contribution in [3.8, 4) is 11.5 Å². The summed E-state index contributed by atoms with van der Waals surface area (Å²) in [6.45, 7) is 4.11. The summed E-state index contributed by atoms with van der Waals surface area (Å²) in [6.07, 6.45) is 3.33. The average molecular weight is 372 g/mol. The maximum atomic E-state index is 12.5. The molecule has 26 heavy (non-hydrogen) atoms. The summed E-state index contributed by atoms with van der Waals surface area (Å²) in [5.41, 5.74) is 5.56. The Balaban J connectivity index is 1.72. The summed E-state index contributed by atoms with van der Waals surface area (Å²) in [7, 11) is 3.19. The Labute approximate surface area is 158 Å². The molecule has 3 rings (SSSR count). The maximum Gasteiger partial charge on any atom is 0.281 e. The van der Waals surface area contributed by atoms with Crippen molar-refractivity contribution in [3.05, 3.63) is 45.1 Å². The van der Waals surface area contributed by atoms with Crippen molar-refractivity contribution in [3.63, 3.8) is 0 Å². The molecule has 0 aliphatic heterocycles. The number of benzene rings is 1. The topological polar surface area (TPSA) is 59.9 Å². The van der Waals surface area contributed by atoms with Gasteiger partial charge in [0, 0.05) is 10.4 Å². The van der Waals surface area contributed by atoms with Crippen LogP contribution in [-0.2, 0) is 12.8 Å². The van der Waals surface area contributed by atoms with Gasteiger partial charge in [-0.05, 0) is 61.9 Å². The van der Waals surface area contributed by atoms with Gasteiger partial charge in [0.15, 0.2) is 11.5 Å². The third-order valence-corrected chi connectivity index (χ3v) is 5.92. The fourth-order valence-corrected chi connectivity index (χ4v) is 4.23. The van der Waals surface area contributed by atoms with Gasteiger partial charge in [0.2, 0.25) is 0 Å². The zero-order valence-electron chi connectivity index (χ0n) is 15.6. The fourth-order valence-electron chi connectivity index (χ4n) is 3.13. The van der Waals surface area contributed by atoms with Crippen LogP contribution in [0.3, 0.4) is 0 Å². The Morgan fingerprint density at radius 3 is 2.73 bits per heavy atom. The Morgan fingerprint density at radius 1 is 1.23 bits per heavy atom. The lowest BCUT2D eigenvalue weighted by molar-refractivity contribution is 0.0959. The number of aryl methyl sites for hydroxylation is 1. The molecule has 0 saturated heterocycles. The van der Waals surface area contributed by atoms with Gasteiger partial charge in [-0.15, -0.1) is 11.3 Å². The average Bonchev–Trinajstić information content (AvgIpc) is 3.08. The van der Waals surface area contributed by atoms with Gasteiger partial charge in [0.1, 0.15) is 0 Å². The van der Waals surface area contributed by atoms with Gasteiger partial charge in [0.25, 0.3) is 5.91 Å². The summed E-state index contributed by atoms with van der Waals surface area (Å²) in [5.74, 6) is 1.83. The van der Waals surface area contributed by atoms with E-state index in [4.69, 9.17) is 9.47 Å². The van der Waals surface area contributed by atoms with Gasteiger partial charge in [-0.1, -0.05) is 6.92 Å². The zero-order valence-corrected chi connectivity index (χ0v) is 16.4. The highest BCUT2D eigenvalue weighted by atomic mass is 32.1. The molecule has 1 aromatic carbocycles. The van der Waals surface area contributed by atoms with Crippen LogP contribution in [0.4, 0.5) is 0 Å². The summed E-state index contributed by atoms with van der Waals surface area (Å²) in [4.78, 5) is 14.5. The number of hydrogen-bond donors (Lipinski definition) is 1. The first-order valence-corrected chi connectivity index (χ1v) is 9.52. The number of nitrogens with one attached hydrogen (secondary N) is 1. The molecule has 1 heterocycles. The van der Waals surface area contributed by atoms with Gasteiger partial charge >= 0.3 is 0 Å². The number of thiophene rings is 1. The minimum absolute atomic E-state index is 0.156. The number of hydrazone groups is 1. The molecular formula is C20H24N2O3S. The summed E-state index contributed by atoms with van der Waals surface area (Å²) >= 11 is 1.59. The predicted octanol–water partition coefficient (Wildman–Crippen LogP) is 4.04. The van der Waals surface area contributed by atoms with E-state index < -0.39 is 0 Å². The Kier molecular flexibility index (Phi) is 5.61. The minimum Gasteiger partial charge on any atom is -0.493 e. The van der Waals surface area contributed by atoms with E-state index in [-0.39, 0.29) is 5.91 Å². The Morgan fingerprint density at radius 2 is 2.00 bits per heavy atom. The van der Waals surface area contributed by atoms with E-state index in [0.29, 0.717) is 23.1 Å². The third kappa shape index (κ3) is 3.90. The molecule has 0 bridgehead atoms. The van der Waals surface area contributed by atoms with Crippen molar-refractivity contribution in [1.82, 2.24) is 5.43 Å². The normalized spacial score (nSPS) is 16.8. The summed E-state index contributed by atoms with van der Waals surface area (Å²) < 4.78 is 10.6. The second-order valence-electron chi connectivity index (χ2n) is 6.61. The molecule has 0 spiro atoms. The largest absolute Gasteiger partial charge is 0.493 e. The lowest BCUT2D eigenvalue weighted by atomic mass is 9.90. The minimum atomic E-state index is -0.156. The van der Waals surface area contributed by atoms with Crippen molar-refractivity contribution >= 4 is 23.0 Å². The zero-order chi connectivity index (χ0) is 18.7. The molecule has 6 heteroatoms. The summed E-state index contributed by atoms with van der Waals surface area (Å²) in [5, 5.41) is 4.25. The Bertz CT molecular complexity index is 842. The van der Waals surface area contributed by atoms with Crippen molar-refractivity contribution < 1.29 is 14.3 Å². The van der Waals surface area contributed by atoms with Crippen LogP contribution in [0.1, 0.15) is 45.9 Å². The molecule has 138 valence electrons. The van der Waals surface area contributed by atoms with Crippen LogP contribution in [0.5, 0.6) is 11.5 Å². The second kappa shape index (κ2) is 7.91. The molecule has 0 fully saturated rings. The molecule has 1 aliphatic carbocycles. The van der Waals surface area contributed by atoms with Crippen LogP contribution in [0.15, 0.2) is 29.4 Å². The molecule has 1 aromatic heterocycles. The van der Waals surface area contributed by atoms with Crippen LogP contribution < -0.4 is 14.9 Å². The first-order valence-electron chi connectivity index (χ1n) is 8.70. The summed E-state index contributed by atoms with van der Waals surface area (Å²) in [6, 6.07) is 7.57. The van der Waals surface area contributed by atoms with E-state index in [1.165, 1.54) is 16.9 Å². The van der Waals surface area contributed by atoms with Crippen LogP contribution in [0.25, 0.3) is 0 Å². The number of nitrogens with zero attached hydrogens (tertiary/aromatic N) is 1. The number of rotatable bonds is 5. The number of ether oxygens (including phenoxy) is 2. The van der Waals surface area contributed by atoms with Gasteiger partial charge in [-0.25, -0.2) is 5.43 Å². The van der Waals surface area contributed by atoms with Crippen LogP contribution in [-0.4, -0.2) is 25.8 Å². The van der Waals surface area contributed by atoms with E-state index in [1.807, 2.05) is 31.2 Å². The highest BCUT2D eigenvalue weighted by molar-refractivity contribution is 7.14. The number of hydrogen-bond acceptors (Lipinski definition) is 5. The number of carbonyl (C=O) groups is 1. The molecule has 1 N–H and O–H groups in total. The number of amides is 1. The van der Waals surface area contributed by atoms with Gasteiger partial charge < -0.3 is 9.47 Å². The smallest absolute Gasteiger partial charge is 0.281 e. The molecule has 5 nitrogen and oxygen atoms in total. The molecule has 2 aromatic rings.